The lowest BCUT2D eigenvalue weighted by Gasteiger charge is -2.37. The summed E-state index contributed by atoms with van der Waals surface area (Å²) < 4.78 is 38.1. The molecule has 0 saturated carbocycles. The molecule has 1 aromatic heterocycles. The second-order valence-corrected chi connectivity index (χ2v) is 8.94. The minimum Gasteiger partial charge on any atom is -0.479 e. The van der Waals surface area contributed by atoms with E-state index in [1.165, 1.54) is 12.1 Å². The SMILES string of the molecule is Cc1c[nH]c2ccc(CNC(=O)N(Cc3ccc(F)cc3F)C3CCN(C)CC3)cc12.O=C(O)CF. The number of rotatable bonds is 6. The molecule has 194 valence electrons. The number of amides is 2. The Morgan fingerprint density at radius 1 is 1.17 bits per heavy atom. The van der Waals surface area contributed by atoms with Gasteiger partial charge in [-0.3, -0.25) is 0 Å². The molecular weight excluding hydrogens is 473 g/mol. The van der Waals surface area contributed by atoms with E-state index in [2.05, 4.69) is 28.3 Å². The molecule has 0 radical (unpaired) electrons. The number of hydrogen-bond acceptors (Lipinski definition) is 3. The molecular formula is C26H31F3N4O3. The third-order valence-corrected chi connectivity index (χ3v) is 6.26. The maximum absolute atomic E-state index is 14.3. The van der Waals surface area contributed by atoms with E-state index in [1.807, 2.05) is 25.3 Å². The topological polar surface area (TPSA) is 88.7 Å². The summed E-state index contributed by atoms with van der Waals surface area (Å²) in [5, 5.41) is 11.5. The van der Waals surface area contributed by atoms with Crippen LogP contribution in [0, 0.1) is 18.6 Å². The molecule has 0 bridgehead atoms. The third-order valence-electron chi connectivity index (χ3n) is 6.26. The summed E-state index contributed by atoms with van der Waals surface area (Å²) in [5.74, 6) is -2.66. The van der Waals surface area contributed by atoms with Crippen molar-refractivity contribution in [3.8, 4) is 0 Å². The molecule has 0 spiro atoms. The van der Waals surface area contributed by atoms with Crippen LogP contribution in [0.4, 0.5) is 18.0 Å². The fourth-order valence-electron chi connectivity index (χ4n) is 4.20. The number of carbonyl (C=O) groups is 2. The zero-order chi connectivity index (χ0) is 26.2. The summed E-state index contributed by atoms with van der Waals surface area (Å²) in [7, 11) is 2.05. The molecule has 7 nitrogen and oxygen atoms in total. The van der Waals surface area contributed by atoms with Crippen molar-refractivity contribution < 1.29 is 27.9 Å². The van der Waals surface area contributed by atoms with Gasteiger partial charge in [0, 0.05) is 41.3 Å². The van der Waals surface area contributed by atoms with Crippen LogP contribution in [0.15, 0.2) is 42.6 Å². The smallest absolute Gasteiger partial charge is 0.335 e. The maximum atomic E-state index is 14.3. The average Bonchev–Trinajstić information content (AvgIpc) is 3.23. The van der Waals surface area contributed by atoms with Gasteiger partial charge in [0.05, 0.1) is 6.54 Å². The number of carbonyl (C=O) groups excluding carboxylic acids is 1. The van der Waals surface area contributed by atoms with Gasteiger partial charge < -0.3 is 25.2 Å². The Morgan fingerprint density at radius 3 is 2.50 bits per heavy atom. The first-order valence-corrected chi connectivity index (χ1v) is 11.7. The molecule has 1 aliphatic rings. The first-order valence-electron chi connectivity index (χ1n) is 11.7. The van der Waals surface area contributed by atoms with E-state index in [-0.39, 0.29) is 18.6 Å². The van der Waals surface area contributed by atoms with Crippen molar-refractivity contribution in [2.45, 2.75) is 38.9 Å². The molecule has 3 N–H and O–H groups in total. The number of hydrogen-bond donors (Lipinski definition) is 3. The van der Waals surface area contributed by atoms with E-state index >= 15 is 0 Å². The summed E-state index contributed by atoms with van der Waals surface area (Å²) >= 11 is 0. The van der Waals surface area contributed by atoms with Crippen molar-refractivity contribution in [1.82, 2.24) is 20.1 Å². The van der Waals surface area contributed by atoms with Crippen molar-refractivity contribution in [2.24, 2.45) is 0 Å². The predicted molar refractivity (Wildman–Crippen MR) is 131 cm³/mol. The minimum atomic E-state index is -1.41. The Bertz CT molecular complexity index is 1190. The number of carboxylic acids is 1. The molecule has 2 heterocycles. The molecule has 0 aliphatic carbocycles. The number of aliphatic carboxylic acids is 1. The van der Waals surface area contributed by atoms with Crippen LogP contribution in [-0.4, -0.2) is 64.7 Å². The number of piperidine rings is 1. The number of aromatic nitrogens is 1. The summed E-state index contributed by atoms with van der Waals surface area (Å²) in [6.07, 6.45) is 3.61. The number of halogens is 3. The monoisotopic (exact) mass is 504 g/mol. The Morgan fingerprint density at radius 2 is 1.86 bits per heavy atom. The Labute approximate surface area is 207 Å². The van der Waals surface area contributed by atoms with Crippen LogP contribution in [0.2, 0.25) is 0 Å². The van der Waals surface area contributed by atoms with Gasteiger partial charge in [0.2, 0.25) is 0 Å². The van der Waals surface area contributed by atoms with Crippen LogP contribution in [0.1, 0.15) is 29.5 Å². The predicted octanol–water partition coefficient (Wildman–Crippen LogP) is 4.60. The normalized spacial score (nSPS) is 14.2. The molecule has 1 aliphatic heterocycles. The van der Waals surface area contributed by atoms with Gasteiger partial charge >= 0.3 is 12.0 Å². The van der Waals surface area contributed by atoms with Gasteiger partial charge in [0.25, 0.3) is 0 Å². The molecule has 1 saturated heterocycles. The van der Waals surface area contributed by atoms with Crippen molar-refractivity contribution in [1.29, 1.82) is 0 Å². The van der Waals surface area contributed by atoms with Crippen molar-refractivity contribution in [3.05, 3.63) is 70.9 Å². The van der Waals surface area contributed by atoms with E-state index in [4.69, 9.17) is 9.90 Å². The van der Waals surface area contributed by atoms with Crippen molar-refractivity contribution >= 4 is 22.9 Å². The number of fused-ring (bicyclic) bond motifs is 1. The molecule has 1 fully saturated rings. The zero-order valence-corrected chi connectivity index (χ0v) is 20.4. The fraction of sp³-hybridized carbons (Fsp3) is 0.385. The standard InChI is InChI=1S/C24H28F2N4O.C2H3FO2/c1-16-13-27-23-6-3-17(11-21(16)23)14-28-24(31)30(20-7-9-29(2)10-8-20)15-18-4-5-19(25)12-22(18)26;3-1-2(4)5/h3-6,11-13,20,27H,7-10,14-15H2,1-2H3,(H,28,31);1H2,(H,4,5). The molecule has 10 heteroatoms. The summed E-state index contributed by atoms with van der Waals surface area (Å²) in [5.41, 5.74) is 3.54. The van der Waals surface area contributed by atoms with Crippen LogP contribution in [-0.2, 0) is 17.9 Å². The lowest BCUT2D eigenvalue weighted by molar-refractivity contribution is -0.137. The first kappa shape index (κ1) is 27.1. The first-order chi connectivity index (χ1) is 17.2. The van der Waals surface area contributed by atoms with E-state index < -0.39 is 24.3 Å². The van der Waals surface area contributed by atoms with Crippen molar-refractivity contribution in [3.63, 3.8) is 0 Å². The number of benzene rings is 2. The third kappa shape index (κ3) is 7.24. The number of likely N-dealkylation sites (tertiary alicyclic amines) is 1. The Balaban J connectivity index is 0.000000658. The molecule has 2 amide bonds. The quantitative estimate of drug-likeness (QED) is 0.458. The number of aromatic amines is 1. The van der Waals surface area contributed by atoms with Gasteiger partial charge in [-0.15, -0.1) is 0 Å². The van der Waals surface area contributed by atoms with E-state index in [0.29, 0.717) is 12.1 Å². The largest absolute Gasteiger partial charge is 0.479 e. The second kappa shape index (κ2) is 12.4. The summed E-state index contributed by atoms with van der Waals surface area (Å²) in [4.78, 5) is 29.3. The van der Waals surface area contributed by atoms with Crippen molar-refractivity contribution in [2.75, 3.05) is 26.8 Å². The highest BCUT2D eigenvalue weighted by Crippen LogP contribution is 2.22. The molecule has 0 unspecified atom stereocenters. The molecule has 3 aromatic rings. The molecule has 2 aromatic carbocycles. The number of nitrogens with one attached hydrogen (secondary N) is 2. The van der Waals surface area contributed by atoms with Gasteiger partial charge in [-0.05, 0) is 69.2 Å². The lowest BCUT2D eigenvalue weighted by atomic mass is 10.0. The number of aryl methyl sites for hydroxylation is 1. The lowest BCUT2D eigenvalue weighted by Crippen LogP contribution is -2.49. The van der Waals surface area contributed by atoms with E-state index in [9.17, 15) is 18.0 Å². The van der Waals surface area contributed by atoms with Gasteiger partial charge in [-0.1, -0.05) is 12.1 Å². The Hall–Kier alpha value is -3.53. The van der Waals surface area contributed by atoms with Gasteiger partial charge in [-0.25, -0.2) is 22.8 Å². The van der Waals surface area contributed by atoms with E-state index in [1.54, 1.807) is 4.90 Å². The van der Waals surface area contributed by atoms with Crippen LogP contribution < -0.4 is 5.32 Å². The highest BCUT2D eigenvalue weighted by molar-refractivity contribution is 5.83. The van der Waals surface area contributed by atoms with Gasteiger partial charge in [0.15, 0.2) is 6.67 Å². The van der Waals surface area contributed by atoms with Gasteiger partial charge in [0.1, 0.15) is 11.6 Å². The number of H-pyrrole nitrogens is 1. The number of alkyl halides is 1. The van der Waals surface area contributed by atoms with Gasteiger partial charge in [-0.2, -0.15) is 0 Å². The minimum absolute atomic E-state index is 0.00931. The average molecular weight is 505 g/mol. The number of urea groups is 1. The molecule has 0 atom stereocenters. The summed E-state index contributed by atoms with van der Waals surface area (Å²) in [6, 6.07) is 9.36. The highest BCUT2D eigenvalue weighted by Gasteiger charge is 2.28. The van der Waals surface area contributed by atoms with E-state index in [0.717, 1.165) is 54.0 Å². The zero-order valence-electron chi connectivity index (χ0n) is 20.4. The Kier molecular flexibility index (Phi) is 9.35. The highest BCUT2D eigenvalue weighted by atomic mass is 19.1. The van der Waals surface area contributed by atoms with Crippen LogP contribution in [0.25, 0.3) is 10.9 Å². The molecule has 4 rings (SSSR count). The molecule has 36 heavy (non-hydrogen) atoms. The number of nitrogens with zero attached hydrogens (tertiary/aromatic N) is 2. The maximum Gasteiger partial charge on any atom is 0.335 e. The fourth-order valence-corrected chi connectivity index (χ4v) is 4.20. The second-order valence-electron chi connectivity index (χ2n) is 8.94. The van der Waals surface area contributed by atoms with Crippen LogP contribution in [0.5, 0.6) is 0 Å². The van der Waals surface area contributed by atoms with Crippen LogP contribution >= 0.6 is 0 Å². The van der Waals surface area contributed by atoms with Crippen LogP contribution in [0.3, 0.4) is 0 Å². The number of carboxylic acid groups (broad SMARTS) is 1. The summed E-state index contributed by atoms with van der Waals surface area (Å²) in [6.45, 7) is 3.02.